The topological polar surface area (TPSA) is 46.2 Å². The molecule has 0 aliphatic carbocycles. The molecule has 0 unspecified atom stereocenters. The SMILES string of the molecule is CS(=O)(=O)c1ccc(CNCc2ccc(Cl)c(Cl)c2)cc1. The molecule has 0 aliphatic rings. The maximum Gasteiger partial charge on any atom is 0.175 e. The van der Waals surface area contributed by atoms with Crippen molar-refractivity contribution in [2.24, 2.45) is 0 Å². The minimum atomic E-state index is -3.14. The Hall–Kier alpha value is -1.07. The average Bonchev–Trinajstić information content (AvgIpc) is 2.42. The van der Waals surface area contributed by atoms with Crippen molar-refractivity contribution in [1.82, 2.24) is 5.32 Å². The van der Waals surface area contributed by atoms with Gasteiger partial charge in [0.15, 0.2) is 9.84 Å². The quantitative estimate of drug-likeness (QED) is 0.900. The molecular formula is C15H15Cl2NO2S. The van der Waals surface area contributed by atoms with Crippen LogP contribution in [0.5, 0.6) is 0 Å². The lowest BCUT2D eigenvalue weighted by molar-refractivity contribution is 0.602. The van der Waals surface area contributed by atoms with Crippen LogP contribution in [-0.2, 0) is 22.9 Å². The van der Waals surface area contributed by atoms with E-state index in [4.69, 9.17) is 23.2 Å². The molecule has 112 valence electrons. The molecule has 0 radical (unpaired) electrons. The van der Waals surface area contributed by atoms with Gasteiger partial charge in [-0.2, -0.15) is 0 Å². The predicted molar refractivity (Wildman–Crippen MR) is 86.6 cm³/mol. The summed E-state index contributed by atoms with van der Waals surface area (Å²) in [6.07, 6.45) is 1.20. The molecule has 0 spiro atoms. The van der Waals surface area contributed by atoms with Crippen LogP contribution < -0.4 is 5.32 Å². The Morgan fingerprint density at radius 3 is 2.05 bits per heavy atom. The van der Waals surface area contributed by atoms with E-state index in [1.54, 1.807) is 30.3 Å². The molecule has 2 aromatic carbocycles. The summed E-state index contributed by atoms with van der Waals surface area (Å²) >= 11 is 11.8. The normalized spacial score (nSPS) is 11.6. The zero-order chi connectivity index (χ0) is 15.5. The van der Waals surface area contributed by atoms with Crippen molar-refractivity contribution in [2.45, 2.75) is 18.0 Å². The molecule has 6 heteroatoms. The summed E-state index contributed by atoms with van der Waals surface area (Å²) in [5.74, 6) is 0. The first-order valence-corrected chi connectivity index (χ1v) is 8.94. The number of rotatable bonds is 5. The minimum absolute atomic E-state index is 0.329. The van der Waals surface area contributed by atoms with Crippen molar-refractivity contribution in [3.63, 3.8) is 0 Å². The van der Waals surface area contributed by atoms with Crippen molar-refractivity contribution < 1.29 is 8.42 Å². The Morgan fingerprint density at radius 1 is 0.905 bits per heavy atom. The molecule has 2 aromatic rings. The maximum absolute atomic E-state index is 11.4. The van der Waals surface area contributed by atoms with Gasteiger partial charge in [0.25, 0.3) is 0 Å². The van der Waals surface area contributed by atoms with Crippen LogP contribution in [0.2, 0.25) is 10.0 Å². The first-order valence-electron chi connectivity index (χ1n) is 6.30. The number of hydrogen-bond donors (Lipinski definition) is 1. The van der Waals surface area contributed by atoms with Crippen LogP contribution in [0.4, 0.5) is 0 Å². The van der Waals surface area contributed by atoms with Gasteiger partial charge in [-0.05, 0) is 35.4 Å². The average molecular weight is 344 g/mol. The second-order valence-electron chi connectivity index (χ2n) is 4.77. The molecule has 3 nitrogen and oxygen atoms in total. The molecule has 1 N–H and O–H groups in total. The van der Waals surface area contributed by atoms with E-state index in [2.05, 4.69) is 5.32 Å². The molecule has 0 heterocycles. The molecule has 2 rings (SSSR count). The van der Waals surface area contributed by atoms with E-state index >= 15 is 0 Å². The van der Waals surface area contributed by atoms with Gasteiger partial charge in [0, 0.05) is 19.3 Å². The van der Waals surface area contributed by atoms with E-state index in [1.807, 2.05) is 12.1 Å². The number of hydrogen-bond acceptors (Lipinski definition) is 3. The van der Waals surface area contributed by atoms with Crippen molar-refractivity contribution in [2.75, 3.05) is 6.26 Å². The first-order chi connectivity index (χ1) is 9.86. The minimum Gasteiger partial charge on any atom is -0.309 e. The van der Waals surface area contributed by atoms with Crippen molar-refractivity contribution in [3.05, 3.63) is 63.6 Å². The molecule has 0 bridgehead atoms. The fourth-order valence-corrected chi connectivity index (χ4v) is 2.81. The number of halogens is 2. The lowest BCUT2D eigenvalue weighted by atomic mass is 10.2. The third-order valence-electron chi connectivity index (χ3n) is 2.99. The zero-order valence-electron chi connectivity index (χ0n) is 11.4. The Morgan fingerprint density at radius 2 is 1.48 bits per heavy atom. The summed E-state index contributed by atoms with van der Waals surface area (Å²) in [5, 5.41) is 4.35. The fourth-order valence-electron chi connectivity index (χ4n) is 1.86. The fraction of sp³-hybridized carbons (Fsp3) is 0.200. The molecule has 0 atom stereocenters. The second-order valence-corrected chi connectivity index (χ2v) is 7.60. The third-order valence-corrected chi connectivity index (χ3v) is 4.86. The molecular weight excluding hydrogens is 329 g/mol. The highest BCUT2D eigenvalue weighted by Crippen LogP contribution is 2.22. The van der Waals surface area contributed by atoms with Gasteiger partial charge in [0.2, 0.25) is 0 Å². The first kappa shape index (κ1) is 16.3. The van der Waals surface area contributed by atoms with E-state index in [0.29, 0.717) is 28.0 Å². The largest absolute Gasteiger partial charge is 0.309 e. The summed E-state index contributed by atoms with van der Waals surface area (Å²) in [4.78, 5) is 0.329. The van der Waals surface area contributed by atoms with Crippen molar-refractivity contribution in [1.29, 1.82) is 0 Å². The highest BCUT2D eigenvalue weighted by Gasteiger charge is 2.06. The molecule has 0 aromatic heterocycles. The van der Waals surface area contributed by atoms with E-state index < -0.39 is 9.84 Å². The lowest BCUT2D eigenvalue weighted by Crippen LogP contribution is -2.12. The van der Waals surface area contributed by atoms with E-state index in [0.717, 1.165) is 11.1 Å². The van der Waals surface area contributed by atoms with Crippen molar-refractivity contribution >= 4 is 33.0 Å². The lowest BCUT2D eigenvalue weighted by Gasteiger charge is -2.07. The van der Waals surface area contributed by atoms with Gasteiger partial charge in [-0.3, -0.25) is 0 Å². The molecule has 21 heavy (non-hydrogen) atoms. The third kappa shape index (κ3) is 4.71. The second kappa shape index (κ2) is 6.79. The highest BCUT2D eigenvalue weighted by molar-refractivity contribution is 7.90. The van der Waals surface area contributed by atoms with Gasteiger partial charge in [-0.1, -0.05) is 41.4 Å². The molecule has 0 saturated carbocycles. The summed E-state index contributed by atoms with van der Waals surface area (Å²) < 4.78 is 22.7. The standard InChI is InChI=1S/C15H15Cl2NO2S/c1-21(19,20)13-5-2-11(3-6-13)9-18-10-12-4-7-14(16)15(17)8-12/h2-8,18H,9-10H2,1H3. The van der Waals surface area contributed by atoms with E-state index in [1.165, 1.54) is 6.26 Å². The molecule has 0 saturated heterocycles. The van der Waals surface area contributed by atoms with Gasteiger partial charge < -0.3 is 5.32 Å². The van der Waals surface area contributed by atoms with Crippen LogP contribution >= 0.6 is 23.2 Å². The van der Waals surface area contributed by atoms with Crippen LogP contribution in [0.1, 0.15) is 11.1 Å². The van der Waals surface area contributed by atoms with Crippen LogP contribution in [-0.4, -0.2) is 14.7 Å². The van der Waals surface area contributed by atoms with Gasteiger partial charge in [-0.25, -0.2) is 8.42 Å². The smallest absolute Gasteiger partial charge is 0.175 e. The van der Waals surface area contributed by atoms with E-state index in [9.17, 15) is 8.42 Å². The number of benzene rings is 2. The number of nitrogens with one attached hydrogen (secondary N) is 1. The van der Waals surface area contributed by atoms with Gasteiger partial charge in [0.05, 0.1) is 14.9 Å². The Balaban J connectivity index is 1.93. The highest BCUT2D eigenvalue weighted by atomic mass is 35.5. The summed E-state index contributed by atoms with van der Waals surface area (Å²) in [6.45, 7) is 1.30. The number of sulfone groups is 1. The summed E-state index contributed by atoms with van der Waals surface area (Å²) in [7, 11) is -3.14. The monoisotopic (exact) mass is 343 g/mol. The predicted octanol–water partition coefficient (Wildman–Crippen LogP) is 3.69. The van der Waals surface area contributed by atoms with Crippen LogP contribution in [0, 0.1) is 0 Å². The van der Waals surface area contributed by atoms with Crippen LogP contribution in [0.3, 0.4) is 0 Å². The van der Waals surface area contributed by atoms with Crippen LogP contribution in [0.15, 0.2) is 47.4 Å². The molecule has 0 amide bonds. The Bertz CT molecular complexity index is 728. The summed E-state index contributed by atoms with van der Waals surface area (Å²) in [5.41, 5.74) is 2.06. The van der Waals surface area contributed by atoms with E-state index in [-0.39, 0.29) is 0 Å². The van der Waals surface area contributed by atoms with Crippen LogP contribution in [0.25, 0.3) is 0 Å². The molecule has 0 fully saturated rings. The zero-order valence-corrected chi connectivity index (χ0v) is 13.8. The van der Waals surface area contributed by atoms with Gasteiger partial charge >= 0.3 is 0 Å². The van der Waals surface area contributed by atoms with Crippen molar-refractivity contribution in [3.8, 4) is 0 Å². The van der Waals surface area contributed by atoms with Gasteiger partial charge in [-0.15, -0.1) is 0 Å². The Labute approximate surface area is 134 Å². The Kier molecular flexibility index (Phi) is 5.27. The summed E-state index contributed by atoms with van der Waals surface area (Å²) in [6, 6.07) is 12.3. The van der Waals surface area contributed by atoms with Gasteiger partial charge in [0.1, 0.15) is 0 Å². The molecule has 0 aliphatic heterocycles. The maximum atomic E-state index is 11.4.